The van der Waals surface area contributed by atoms with Crippen LogP contribution in [0.5, 0.6) is 11.5 Å². The predicted molar refractivity (Wildman–Crippen MR) is 91.3 cm³/mol. The molecule has 128 valence electrons. The minimum Gasteiger partial charge on any atom is -0.454 e. The summed E-state index contributed by atoms with van der Waals surface area (Å²) in [6.45, 7) is 0.257. The third-order valence-electron chi connectivity index (χ3n) is 4.70. The van der Waals surface area contributed by atoms with Crippen molar-refractivity contribution in [1.29, 1.82) is 0 Å². The lowest BCUT2D eigenvalue weighted by molar-refractivity contribution is 0.174. The fraction of sp³-hybridized carbons (Fsp3) is 0.353. The average Bonchev–Trinajstić information content (AvgIpc) is 3.38. The van der Waals surface area contributed by atoms with Crippen LogP contribution in [0.15, 0.2) is 28.9 Å². The zero-order valence-electron chi connectivity index (χ0n) is 13.4. The SMILES string of the molecule is NC1(c2noc(-c3cnc(-c4ccc5c(c4)OCO5)s3)n2)CCCC1. The minimum atomic E-state index is -0.452. The molecule has 1 saturated carbocycles. The normalized spacial score (nSPS) is 18.0. The van der Waals surface area contributed by atoms with Gasteiger partial charge in [0.25, 0.3) is 5.89 Å². The Balaban J connectivity index is 1.44. The number of hydrogen-bond donors (Lipinski definition) is 1. The lowest BCUT2D eigenvalue weighted by atomic mass is 9.99. The lowest BCUT2D eigenvalue weighted by Crippen LogP contribution is -2.34. The maximum absolute atomic E-state index is 6.40. The van der Waals surface area contributed by atoms with Crippen molar-refractivity contribution in [3.8, 4) is 32.8 Å². The molecular formula is C17H16N4O3S. The molecule has 1 fully saturated rings. The van der Waals surface area contributed by atoms with Crippen molar-refractivity contribution in [2.45, 2.75) is 31.2 Å². The van der Waals surface area contributed by atoms with Crippen molar-refractivity contribution in [3.05, 3.63) is 30.2 Å². The predicted octanol–water partition coefficient (Wildman–Crippen LogP) is 3.32. The smallest absolute Gasteiger partial charge is 0.269 e. The van der Waals surface area contributed by atoms with Crippen LogP contribution in [0.3, 0.4) is 0 Å². The zero-order valence-corrected chi connectivity index (χ0v) is 14.2. The molecular weight excluding hydrogens is 340 g/mol. The van der Waals surface area contributed by atoms with Gasteiger partial charge in [0.2, 0.25) is 6.79 Å². The monoisotopic (exact) mass is 356 g/mol. The van der Waals surface area contributed by atoms with E-state index in [9.17, 15) is 0 Å². The van der Waals surface area contributed by atoms with Gasteiger partial charge < -0.3 is 19.7 Å². The quantitative estimate of drug-likeness (QED) is 0.769. The highest BCUT2D eigenvalue weighted by Crippen LogP contribution is 2.39. The van der Waals surface area contributed by atoms with E-state index in [0.29, 0.717) is 11.7 Å². The molecule has 0 radical (unpaired) electrons. The van der Waals surface area contributed by atoms with Gasteiger partial charge in [-0.2, -0.15) is 4.98 Å². The number of nitrogens with zero attached hydrogens (tertiary/aromatic N) is 3. The highest BCUT2D eigenvalue weighted by molar-refractivity contribution is 7.18. The third kappa shape index (κ3) is 2.49. The van der Waals surface area contributed by atoms with Crippen LogP contribution in [0.25, 0.3) is 21.3 Å². The Morgan fingerprint density at radius 1 is 1.12 bits per heavy atom. The van der Waals surface area contributed by atoms with Gasteiger partial charge in [0.1, 0.15) is 9.88 Å². The van der Waals surface area contributed by atoms with Crippen LogP contribution in [-0.2, 0) is 5.54 Å². The van der Waals surface area contributed by atoms with Gasteiger partial charge in [-0.3, -0.25) is 0 Å². The Hall–Kier alpha value is -2.45. The summed E-state index contributed by atoms with van der Waals surface area (Å²) in [7, 11) is 0. The first-order chi connectivity index (χ1) is 12.2. The standard InChI is InChI=1S/C17H16N4O3S/c18-17(5-1-2-6-17)16-20-14(24-21-16)13-8-19-15(25-13)10-3-4-11-12(7-10)23-9-22-11/h3-4,7-8H,1-2,5-6,9,18H2. The van der Waals surface area contributed by atoms with Crippen LogP contribution in [0.2, 0.25) is 0 Å². The molecule has 5 rings (SSSR count). The van der Waals surface area contributed by atoms with Gasteiger partial charge in [0, 0.05) is 5.56 Å². The van der Waals surface area contributed by atoms with Crippen molar-refractivity contribution in [1.82, 2.24) is 15.1 Å². The molecule has 8 heteroatoms. The second kappa shape index (κ2) is 5.53. The van der Waals surface area contributed by atoms with Crippen LogP contribution >= 0.6 is 11.3 Å². The topological polar surface area (TPSA) is 96.3 Å². The third-order valence-corrected chi connectivity index (χ3v) is 5.74. The number of rotatable bonds is 3. The van der Waals surface area contributed by atoms with Crippen molar-refractivity contribution in [3.63, 3.8) is 0 Å². The van der Waals surface area contributed by atoms with E-state index in [0.717, 1.165) is 52.6 Å². The number of thiazole rings is 1. The molecule has 3 heterocycles. The minimum absolute atomic E-state index is 0.257. The molecule has 0 amide bonds. The fourth-order valence-electron chi connectivity index (χ4n) is 3.29. The molecule has 0 spiro atoms. The molecule has 0 atom stereocenters. The van der Waals surface area contributed by atoms with Crippen LogP contribution < -0.4 is 15.2 Å². The molecule has 1 aromatic carbocycles. The van der Waals surface area contributed by atoms with Crippen molar-refractivity contribution < 1.29 is 14.0 Å². The first-order valence-electron chi connectivity index (χ1n) is 8.21. The molecule has 0 saturated heterocycles. The molecule has 7 nitrogen and oxygen atoms in total. The van der Waals surface area contributed by atoms with Gasteiger partial charge in [-0.05, 0) is 31.0 Å². The maximum atomic E-state index is 6.40. The summed E-state index contributed by atoms with van der Waals surface area (Å²) >= 11 is 1.49. The second-order valence-electron chi connectivity index (χ2n) is 6.38. The maximum Gasteiger partial charge on any atom is 0.269 e. The molecule has 0 bridgehead atoms. The number of benzene rings is 1. The van der Waals surface area contributed by atoms with E-state index in [2.05, 4.69) is 15.1 Å². The number of aromatic nitrogens is 3. The van der Waals surface area contributed by atoms with E-state index in [1.165, 1.54) is 11.3 Å². The van der Waals surface area contributed by atoms with Gasteiger partial charge in [-0.15, -0.1) is 11.3 Å². The summed E-state index contributed by atoms with van der Waals surface area (Å²) in [5.41, 5.74) is 6.91. The fourth-order valence-corrected chi connectivity index (χ4v) is 4.13. The van der Waals surface area contributed by atoms with Gasteiger partial charge >= 0.3 is 0 Å². The van der Waals surface area contributed by atoms with Crippen molar-refractivity contribution >= 4 is 11.3 Å². The molecule has 1 aliphatic carbocycles. The van der Waals surface area contributed by atoms with E-state index >= 15 is 0 Å². The largest absolute Gasteiger partial charge is 0.454 e. The van der Waals surface area contributed by atoms with Crippen molar-refractivity contribution in [2.24, 2.45) is 5.73 Å². The van der Waals surface area contributed by atoms with E-state index in [4.69, 9.17) is 19.7 Å². The Morgan fingerprint density at radius 3 is 2.84 bits per heavy atom. The zero-order chi connectivity index (χ0) is 16.9. The van der Waals surface area contributed by atoms with Gasteiger partial charge in [0.05, 0.1) is 11.7 Å². The summed E-state index contributed by atoms with van der Waals surface area (Å²) in [4.78, 5) is 9.82. The molecule has 25 heavy (non-hydrogen) atoms. The van der Waals surface area contributed by atoms with E-state index in [1.807, 2.05) is 18.2 Å². The number of fused-ring (bicyclic) bond motifs is 1. The van der Waals surface area contributed by atoms with E-state index in [1.54, 1.807) is 6.20 Å². The summed E-state index contributed by atoms with van der Waals surface area (Å²) in [5, 5.41) is 4.96. The molecule has 2 aromatic heterocycles. The summed E-state index contributed by atoms with van der Waals surface area (Å²) in [5.74, 6) is 2.56. The summed E-state index contributed by atoms with van der Waals surface area (Å²) in [6.07, 6.45) is 5.76. The van der Waals surface area contributed by atoms with Gasteiger partial charge in [-0.25, -0.2) is 4.98 Å². The van der Waals surface area contributed by atoms with Crippen molar-refractivity contribution in [2.75, 3.05) is 6.79 Å². The molecule has 2 N–H and O–H groups in total. The number of ether oxygens (including phenoxy) is 2. The van der Waals surface area contributed by atoms with E-state index in [-0.39, 0.29) is 6.79 Å². The van der Waals surface area contributed by atoms with Crippen LogP contribution in [-0.4, -0.2) is 21.9 Å². The molecule has 0 unspecified atom stereocenters. The Kier molecular flexibility index (Phi) is 3.29. The van der Waals surface area contributed by atoms with Gasteiger partial charge in [0.15, 0.2) is 17.3 Å². The number of hydrogen-bond acceptors (Lipinski definition) is 8. The Labute approximate surface area is 147 Å². The van der Waals surface area contributed by atoms with Crippen LogP contribution in [0, 0.1) is 0 Å². The summed E-state index contributed by atoms with van der Waals surface area (Å²) < 4.78 is 16.2. The Morgan fingerprint density at radius 2 is 1.96 bits per heavy atom. The van der Waals surface area contributed by atoms with Gasteiger partial charge in [-0.1, -0.05) is 18.0 Å². The van der Waals surface area contributed by atoms with E-state index < -0.39 is 5.54 Å². The molecule has 2 aliphatic rings. The van der Waals surface area contributed by atoms with Crippen LogP contribution in [0.4, 0.5) is 0 Å². The highest BCUT2D eigenvalue weighted by atomic mass is 32.1. The average molecular weight is 356 g/mol. The molecule has 3 aromatic rings. The first-order valence-corrected chi connectivity index (χ1v) is 9.02. The highest BCUT2D eigenvalue weighted by Gasteiger charge is 2.36. The number of nitrogens with two attached hydrogens (primary N) is 1. The van der Waals surface area contributed by atoms with Crippen LogP contribution in [0.1, 0.15) is 31.5 Å². The molecule has 1 aliphatic heterocycles. The first kappa shape index (κ1) is 14.9. The second-order valence-corrected chi connectivity index (χ2v) is 7.41. The lowest BCUT2D eigenvalue weighted by Gasteiger charge is -2.17. The Bertz CT molecular complexity index is 930. The summed E-state index contributed by atoms with van der Waals surface area (Å²) in [6, 6.07) is 5.78.